The summed E-state index contributed by atoms with van der Waals surface area (Å²) in [5, 5.41) is 0. The van der Waals surface area contributed by atoms with E-state index in [1.807, 2.05) is 0 Å². The molecule has 19 heavy (non-hydrogen) atoms. The first-order valence-electron chi connectivity index (χ1n) is 6.70. The second-order valence-electron chi connectivity index (χ2n) is 5.34. The van der Waals surface area contributed by atoms with Gasteiger partial charge in [0.25, 0.3) is 0 Å². The van der Waals surface area contributed by atoms with Gasteiger partial charge in [0.15, 0.2) is 0 Å². The van der Waals surface area contributed by atoms with Crippen LogP contribution in [0, 0.1) is 6.92 Å². The number of rotatable bonds is 2. The maximum atomic E-state index is 4.80. The van der Waals surface area contributed by atoms with Crippen molar-refractivity contribution in [3.05, 3.63) is 59.9 Å². The van der Waals surface area contributed by atoms with Crippen LogP contribution >= 0.6 is 0 Å². The molecular formula is C17H18N2. The highest BCUT2D eigenvalue weighted by Gasteiger charge is 2.09. The Morgan fingerprint density at radius 2 is 1.79 bits per heavy atom. The number of aryl methyl sites for hydroxylation is 1. The van der Waals surface area contributed by atoms with Gasteiger partial charge in [-0.25, -0.2) is 4.98 Å². The Morgan fingerprint density at radius 1 is 1.05 bits per heavy atom. The summed E-state index contributed by atoms with van der Waals surface area (Å²) in [6.45, 7) is 6.51. The Hall–Kier alpha value is -2.09. The Balaban J connectivity index is 2.16. The van der Waals surface area contributed by atoms with Gasteiger partial charge in [-0.15, -0.1) is 0 Å². The van der Waals surface area contributed by atoms with E-state index in [1.54, 1.807) is 0 Å². The van der Waals surface area contributed by atoms with Gasteiger partial charge < -0.3 is 4.40 Å². The lowest BCUT2D eigenvalue weighted by Gasteiger charge is -2.05. The molecule has 2 heteroatoms. The molecule has 0 fully saturated rings. The molecule has 0 spiro atoms. The van der Waals surface area contributed by atoms with Gasteiger partial charge in [-0.1, -0.05) is 49.7 Å². The minimum absolute atomic E-state index is 0.483. The van der Waals surface area contributed by atoms with Crippen molar-refractivity contribution in [3.63, 3.8) is 0 Å². The molecule has 2 heterocycles. The van der Waals surface area contributed by atoms with E-state index >= 15 is 0 Å². The number of benzene rings is 1. The van der Waals surface area contributed by atoms with Crippen molar-refractivity contribution in [3.8, 4) is 11.3 Å². The summed E-state index contributed by atoms with van der Waals surface area (Å²) in [7, 11) is 0. The van der Waals surface area contributed by atoms with Crippen molar-refractivity contribution in [2.75, 3.05) is 0 Å². The summed E-state index contributed by atoms with van der Waals surface area (Å²) in [5.41, 5.74) is 5.83. The zero-order valence-electron chi connectivity index (χ0n) is 11.6. The highest BCUT2D eigenvalue weighted by atomic mass is 15.0. The molecule has 0 radical (unpaired) electrons. The Labute approximate surface area is 113 Å². The Kier molecular flexibility index (Phi) is 2.86. The van der Waals surface area contributed by atoms with Crippen LogP contribution in [0.15, 0.2) is 48.8 Å². The standard InChI is InChI=1S/C17H18N2/c1-12(2)15-5-4-10-19-11-16(18-17(15)19)14-8-6-13(3)7-9-14/h4-12H,1-3H3. The number of fused-ring (bicyclic) bond motifs is 1. The van der Waals surface area contributed by atoms with Gasteiger partial charge in [0.2, 0.25) is 0 Å². The lowest BCUT2D eigenvalue weighted by atomic mass is 10.1. The van der Waals surface area contributed by atoms with E-state index in [4.69, 9.17) is 4.98 Å². The first kappa shape index (κ1) is 12.0. The molecule has 3 aromatic rings. The van der Waals surface area contributed by atoms with Gasteiger partial charge in [-0.2, -0.15) is 0 Å². The number of hydrogen-bond acceptors (Lipinski definition) is 1. The van der Waals surface area contributed by atoms with E-state index in [9.17, 15) is 0 Å². The summed E-state index contributed by atoms with van der Waals surface area (Å²) in [4.78, 5) is 4.80. The van der Waals surface area contributed by atoms with Crippen LogP contribution in [0.4, 0.5) is 0 Å². The Bertz CT molecular complexity index is 706. The topological polar surface area (TPSA) is 17.3 Å². The third kappa shape index (κ3) is 2.14. The minimum Gasteiger partial charge on any atom is -0.306 e. The van der Waals surface area contributed by atoms with Crippen LogP contribution in [0.25, 0.3) is 16.9 Å². The average Bonchev–Trinajstić information content (AvgIpc) is 2.82. The molecule has 1 aromatic carbocycles. The second-order valence-corrected chi connectivity index (χ2v) is 5.34. The molecule has 0 N–H and O–H groups in total. The van der Waals surface area contributed by atoms with Crippen molar-refractivity contribution >= 4 is 5.65 Å². The van der Waals surface area contributed by atoms with E-state index in [0.29, 0.717) is 5.92 Å². The highest BCUT2D eigenvalue weighted by molar-refractivity contribution is 5.64. The molecule has 2 aromatic heterocycles. The fraction of sp³-hybridized carbons (Fsp3) is 0.235. The van der Waals surface area contributed by atoms with Crippen LogP contribution in [-0.2, 0) is 0 Å². The summed E-state index contributed by atoms with van der Waals surface area (Å²) < 4.78 is 2.12. The predicted molar refractivity (Wildman–Crippen MR) is 79.5 cm³/mol. The fourth-order valence-corrected chi connectivity index (χ4v) is 2.35. The molecule has 2 nitrogen and oxygen atoms in total. The summed E-state index contributed by atoms with van der Waals surface area (Å²) in [6.07, 6.45) is 4.16. The largest absolute Gasteiger partial charge is 0.306 e. The van der Waals surface area contributed by atoms with Gasteiger partial charge in [0.05, 0.1) is 5.69 Å². The monoisotopic (exact) mass is 250 g/mol. The SMILES string of the molecule is Cc1ccc(-c2cn3cccc(C(C)C)c3n2)cc1. The van der Waals surface area contributed by atoms with Gasteiger partial charge in [-0.3, -0.25) is 0 Å². The fourth-order valence-electron chi connectivity index (χ4n) is 2.35. The molecule has 0 aliphatic rings. The van der Waals surface area contributed by atoms with E-state index in [2.05, 4.69) is 74.0 Å². The Morgan fingerprint density at radius 3 is 2.47 bits per heavy atom. The minimum atomic E-state index is 0.483. The molecule has 0 atom stereocenters. The average molecular weight is 250 g/mol. The van der Waals surface area contributed by atoms with Crippen LogP contribution < -0.4 is 0 Å². The number of nitrogens with zero attached hydrogens (tertiary/aromatic N) is 2. The van der Waals surface area contributed by atoms with Gasteiger partial charge in [-0.05, 0) is 24.5 Å². The van der Waals surface area contributed by atoms with Gasteiger partial charge in [0, 0.05) is 18.0 Å². The van der Waals surface area contributed by atoms with E-state index < -0.39 is 0 Å². The summed E-state index contributed by atoms with van der Waals surface area (Å²) >= 11 is 0. The van der Waals surface area contributed by atoms with E-state index in [0.717, 1.165) is 11.3 Å². The highest BCUT2D eigenvalue weighted by Crippen LogP contribution is 2.24. The van der Waals surface area contributed by atoms with Gasteiger partial charge >= 0.3 is 0 Å². The third-order valence-electron chi connectivity index (χ3n) is 3.48. The van der Waals surface area contributed by atoms with E-state index in [1.165, 1.54) is 16.7 Å². The van der Waals surface area contributed by atoms with Crippen molar-refractivity contribution < 1.29 is 0 Å². The zero-order chi connectivity index (χ0) is 13.4. The van der Waals surface area contributed by atoms with Crippen LogP contribution in [0.5, 0.6) is 0 Å². The number of hydrogen-bond donors (Lipinski definition) is 0. The van der Waals surface area contributed by atoms with Crippen molar-refractivity contribution in [2.24, 2.45) is 0 Å². The number of aromatic nitrogens is 2. The van der Waals surface area contributed by atoms with Crippen molar-refractivity contribution in [2.45, 2.75) is 26.7 Å². The smallest absolute Gasteiger partial charge is 0.140 e. The van der Waals surface area contributed by atoms with Crippen LogP contribution in [0.2, 0.25) is 0 Å². The molecule has 3 rings (SSSR count). The summed E-state index contributed by atoms with van der Waals surface area (Å²) in [5.74, 6) is 0.483. The molecule has 0 unspecified atom stereocenters. The predicted octanol–water partition coefficient (Wildman–Crippen LogP) is 4.43. The molecule has 96 valence electrons. The van der Waals surface area contributed by atoms with Crippen molar-refractivity contribution in [1.82, 2.24) is 9.38 Å². The van der Waals surface area contributed by atoms with Gasteiger partial charge in [0.1, 0.15) is 5.65 Å². The molecule has 0 aliphatic carbocycles. The van der Waals surface area contributed by atoms with Crippen LogP contribution in [0.1, 0.15) is 30.9 Å². The molecule has 0 amide bonds. The second kappa shape index (κ2) is 4.54. The lowest BCUT2D eigenvalue weighted by molar-refractivity contribution is 0.863. The maximum Gasteiger partial charge on any atom is 0.140 e. The maximum absolute atomic E-state index is 4.80. The first-order valence-corrected chi connectivity index (χ1v) is 6.70. The molecule has 0 saturated heterocycles. The van der Waals surface area contributed by atoms with E-state index in [-0.39, 0.29) is 0 Å². The van der Waals surface area contributed by atoms with Crippen molar-refractivity contribution in [1.29, 1.82) is 0 Å². The van der Waals surface area contributed by atoms with Crippen LogP contribution in [-0.4, -0.2) is 9.38 Å². The normalized spacial score (nSPS) is 11.4. The quantitative estimate of drug-likeness (QED) is 0.657. The molecule has 0 saturated carbocycles. The molecule has 0 bridgehead atoms. The summed E-state index contributed by atoms with van der Waals surface area (Å²) in [6, 6.07) is 12.8. The third-order valence-corrected chi connectivity index (χ3v) is 3.48. The number of imidazole rings is 1. The zero-order valence-corrected chi connectivity index (χ0v) is 11.6. The molecular weight excluding hydrogens is 232 g/mol. The first-order chi connectivity index (χ1) is 9.15. The van der Waals surface area contributed by atoms with Crippen LogP contribution in [0.3, 0.4) is 0 Å². The lowest BCUT2D eigenvalue weighted by Crippen LogP contribution is -1.93. The number of pyridine rings is 1. The molecule has 0 aliphatic heterocycles.